The Morgan fingerprint density at radius 1 is 1.10 bits per heavy atom. The number of ketones is 1. The molecule has 0 aliphatic carbocycles. The molecule has 0 aliphatic rings. The zero-order chi connectivity index (χ0) is 15.2. The summed E-state index contributed by atoms with van der Waals surface area (Å²) in [7, 11) is 3.03. The number of ether oxygens (including phenoxy) is 2. The van der Waals surface area contributed by atoms with Gasteiger partial charge in [-0.15, -0.1) is 0 Å². The largest absolute Gasteiger partial charge is 0.504 e. The molecule has 2 aromatic rings. The molecule has 2 aromatic carbocycles. The number of aromatic hydroxyl groups is 1. The predicted octanol–water partition coefficient (Wildman–Crippen LogP) is 3.31. The third-order valence-corrected chi connectivity index (χ3v) is 2.99. The van der Waals surface area contributed by atoms with E-state index in [1.807, 2.05) is 24.3 Å². The number of allylic oxidation sites excluding steroid dienone is 1. The Bertz CT molecular complexity index is 674. The molecule has 0 fully saturated rings. The third-order valence-electron chi connectivity index (χ3n) is 2.99. The molecule has 0 amide bonds. The summed E-state index contributed by atoms with van der Waals surface area (Å²) in [6, 6.07) is 11.9. The lowest BCUT2D eigenvalue weighted by Crippen LogP contribution is -1.95. The van der Waals surface area contributed by atoms with E-state index in [2.05, 4.69) is 0 Å². The standard InChI is InChI=1S/C17H16O4/c1-20-14-5-3-4-12(10-14)6-8-15(18)13-7-9-16(19)17(11-13)21-2/h3-11,19H,1-2H3. The Balaban J connectivity index is 2.18. The Kier molecular flexibility index (Phi) is 4.61. The molecular formula is C17H16O4. The van der Waals surface area contributed by atoms with Crippen molar-refractivity contribution >= 4 is 11.9 Å². The van der Waals surface area contributed by atoms with Crippen molar-refractivity contribution < 1.29 is 19.4 Å². The van der Waals surface area contributed by atoms with Crippen LogP contribution >= 0.6 is 0 Å². The number of hydrogen-bond acceptors (Lipinski definition) is 4. The molecule has 0 radical (unpaired) electrons. The zero-order valence-corrected chi connectivity index (χ0v) is 11.9. The first-order chi connectivity index (χ1) is 10.1. The number of carbonyl (C=O) groups excluding carboxylic acids is 1. The van der Waals surface area contributed by atoms with Crippen molar-refractivity contribution in [1.82, 2.24) is 0 Å². The van der Waals surface area contributed by atoms with Crippen LogP contribution in [0.25, 0.3) is 6.08 Å². The summed E-state index contributed by atoms with van der Waals surface area (Å²) in [5.74, 6) is 0.841. The summed E-state index contributed by atoms with van der Waals surface area (Å²) in [6.45, 7) is 0. The summed E-state index contributed by atoms with van der Waals surface area (Å²) in [4.78, 5) is 12.1. The first-order valence-electron chi connectivity index (χ1n) is 6.37. The maximum atomic E-state index is 12.1. The average molecular weight is 284 g/mol. The number of rotatable bonds is 5. The van der Waals surface area contributed by atoms with Crippen molar-refractivity contribution in [2.24, 2.45) is 0 Å². The molecule has 21 heavy (non-hydrogen) atoms. The molecule has 0 saturated carbocycles. The maximum Gasteiger partial charge on any atom is 0.185 e. The quantitative estimate of drug-likeness (QED) is 0.676. The second-order valence-corrected chi connectivity index (χ2v) is 4.36. The van der Waals surface area contributed by atoms with Crippen LogP contribution in [0, 0.1) is 0 Å². The van der Waals surface area contributed by atoms with Crippen LogP contribution < -0.4 is 9.47 Å². The van der Waals surface area contributed by atoms with Gasteiger partial charge in [0, 0.05) is 5.56 Å². The highest BCUT2D eigenvalue weighted by molar-refractivity contribution is 6.07. The second kappa shape index (κ2) is 6.61. The van der Waals surface area contributed by atoms with Crippen LogP contribution in [0.15, 0.2) is 48.5 Å². The Morgan fingerprint density at radius 3 is 2.62 bits per heavy atom. The van der Waals surface area contributed by atoms with E-state index in [9.17, 15) is 9.90 Å². The van der Waals surface area contributed by atoms with Crippen LogP contribution in [0.4, 0.5) is 0 Å². The smallest absolute Gasteiger partial charge is 0.185 e. The first-order valence-corrected chi connectivity index (χ1v) is 6.37. The van der Waals surface area contributed by atoms with Gasteiger partial charge in [-0.1, -0.05) is 18.2 Å². The Morgan fingerprint density at radius 2 is 1.90 bits per heavy atom. The summed E-state index contributed by atoms with van der Waals surface area (Å²) in [5, 5.41) is 9.51. The topological polar surface area (TPSA) is 55.8 Å². The van der Waals surface area contributed by atoms with Crippen molar-refractivity contribution in [2.45, 2.75) is 0 Å². The van der Waals surface area contributed by atoms with E-state index in [1.54, 1.807) is 19.3 Å². The van der Waals surface area contributed by atoms with Gasteiger partial charge in [-0.25, -0.2) is 0 Å². The highest BCUT2D eigenvalue weighted by Gasteiger charge is 2.07. The molecule has 0 bridgehead atoms. The molecule has 0 atom stereocenters. The Labute approximate surface area is 123 Å². The molecule has 0 heterocycles. The lowest BCUT2D eigenvalue weighted by atomic mass is 10.1. The van der Waals surface area contributed by atoms with Crippen molar-refractivity contribution in [1.29, 1.82) is 0 Å². The highest BCUT2D eigenvalue weighted by Crippen LogP contribution is 2.26. The maximum absolute atomic E-state index is 12.1. The van der Waals surface area contributed by atoms with Crippen molar-refractivity contribution in [3.63, 3.8) is 0 Å². The van der Waals surface area contributed by atoms with Gasteiger partial charge in [-0.2, -0.15) is 0 Å². The van der Waals surface area contributed by atoms with Gasteiger partial charge in [0.15, 0.2) is 17.3 Å². The number of phenolic OH excluding ortho intramolecular Hbond substituents is 1. The molecular weight excluding hydrogens is 268 g/mol. The fourth-order valence-corrected chi connectivity index (χ4v) is 1.84. The fraction of sp³-hybridized carbons (Fsp3) is 0.118. The zero-order valence-electron chi connectivity index (χ0n) is 11.9. The minimum Gasteiger partial charge on any atom is -0.504 e. The lowest BCUT2D eigenvalue weighted by Gasteiger charge is -2.04. The van der Waals surface area contributed by atoms with Gasteiger partial charge >= 0.3 is 0 Å². The van der Waals surface area contributed by atoms with Crippen LogP contribution in [0.2, 0.25) is 0 Å². The second-order valence-electron chi connectivity index (χ2n) is 4.36. The normalized spacial score (nSPS) is 10.6. The Hall–Kier alpha value is -2.75. The van der Waals surface area contributed by atoms with Crippen molar-refractivity contribution in [3.8, 4) is 17.2 Å². The van der Waals surface area contributed by atoms with Gasteiger partial charge in [0.2, 0.25) is 0 Å². The molecule has 4 nitrogen and oxygen atoms in total. The lowest BCUT2D eigenvalue weighted by molar-refractivity contribution is 0.104. The molecule has 0 spiro atoms. The molecule has 108 valence electrons. The number of benzene rings is 2. The van der Waals surface area contributed by atoms with Gasteiger partial charge < -0.3 is 14.6 Å². The van der Waals surface area contributed by atoms with E-state index in [4.69, 9.17) is 9.47 Å². The van der Waals surface area contributed by atoms with Crippen molar-refractivity contribution in [2.75, 3.05) is 14.2 Å². The van der Waals surface area contributed by atoms with Gasteiger partial charge in [-0.05, 0) is 42.0 Å². The molecule has 4 heteroatoms. The molecule has 0 unspecified atom stereocenters. The minimum atomic E-state index is -0.170. The molecule has 0 aromatic heterocycles. The van der Waals surface area contributed by atoms with E-state index in [0.717, 1.165) is 11.3 Å². The molecule has 2 rings (SSSR count). The third kappa shape index (κ3) is 3.63. The highest BCUT2D eigenvalue weighted by atomic mass is 16.5. The predicted molar refractivity (Wildman–Crippen MR) is 81.0 cm³/mol. The van der Waals surface area contributed by atoms with E-state index < -0.39 is 0 Å². The number of methoxy groups -OCH3 is 2. The summed E-state index contributed by atoms with van der Waals surface area (Å²) < 4.78 is 10.1. The summed E-state index contributed by atoms with van der Waals surface area (Å²) >= 11 is 0. The SMILES string of the molecule is COc1cccc(C=CC(=O)c2ccc(O)c(OC)c2)c1. The van der Waals surface area contributed by atoms with Crippen LogP contribution in [0.1, 0.15) is 15.9 Å². The van der Waals surface area contributed by atoms with E-state index in [1.165, 1.54) is 25.3 Å². The number of phenols is 1. The van der Waals surface area contributed by atoms with Crippen LogP contribution in [0.5, 0.6) is 17.2 Å². The number of hydrogen-bond donors (Lipinski definition) is 1. The molecule has 0 saturated heterocycles. The molecule has 0 aliphatic heterocycles. The summed E-state index contributed by atoms with van der Waals surface area (Å²) in [6.07, 6.45) is 3.19. The minimum absolute atomic E-state index is 0.00539. The fourth-order valence-electron chi connectivity index (χ4n) is 1.84. The van der Waals surface area contributed by atoms with Gasteiger partial charge in [-0.3, -0.25) is 4.79 Å². The first kappa shape index (κ1) is 14.7. The number of carbonyl (C=O) groups is 1. The van der Waals surface area contributed by atoms with E-state index in [-0.39, 0.29) is 17.3 Å². The summed E-state index contributed by atoms with van der Waals surface area (Å²) in [5.41, 5.74) is 1.32. The van der Waals surface area contributed by atoms with Crippen LogP contribution in [-0.4, -0.2) is 25.1 Å². The van der Waals surface area contributed by atoms with Crippen molar-refractivity contribution in [3.05, 3.63) is 59.7 Å². The van der Waals surface area contributed by atoms with Gasteiger partial charge in [0.05, 0.1) is 14.2 Å². The van der Waals surface area contributed by atoms with Crippen LogP contribution in [-0.2, 0) is 0 Å². The van der Waals surface area contributed by atoms with Gasteiger partial charge in [0.1, 0.15) is 5.75 Å². The monoisotopic (exact) mass is 284 g/mol. The average Bonchev–Trinajstić information content (AvgIpc) is 2.53. The molecule has 1 N–H and O–H groups in total. The van der Waals surface area contributed by atoms with Crippen LogP contribution in [0.3, 0.4) is 0 Å². The van der Waals surface area contributed by atoms with E-state index >= 15 is 0 Å². The van der Waals surface area contributed by atoms with E-state index in [0.29, 0.717) is 5.56 Å². The van der Waals surface area contributed by atoms with Gasteiger partial charge in [0.25, 0.3) is 0 Å².